The third-order valence-corrected chi connectivity index (χ3v) is 2.85. The highest BCUT2D eigenvalue weighted by molar-refractivity contribution is 5.69. The number of carboxylic acids is 1. The van der Waals surface area contributed by atoms with Crippen LogP contribution in [-0.4, -0.2) is 36.7 Å². The zero-order chi connectivity index (χ0) is 12.4. The van der Waals surface area contributed by atoms with Crippen molar-refractivity contribution in [3.8, 4) is 11.5 Å². The number of carbonyl (C=O) groups is 1. The van der Waals surface area contributed by atoms with Crippen molar-refractivity contribution < 1.29 is 19.4 Å². The molecule has 2 rings (SSSR count). The van der Waals surface area contributed by atoms with Gasteiger partial charge in [-0.3, -0.25) is 9.69 Å². The van der Waals surface area contributed by atoms with E-state index in [0.717, 1.165) is 11.1 Å². The fraction of sp³-hybridized carbons (Fsp3) is 0.417. The lowest BCUT2D eigenvalue weighted by Crippen LogP contribution is -2.24. The van der Waals surface area contributed by atoms with Gasteiger partial charge in [-0.1, -0.05) is 0 Å². The van der Waals surface area contributed by atoms with Crippen molar-refractivity contribution in [2.75, 3.05) is 20.8 Å². The number of hydrogen-bond acceptors (Lipinski definition) is 4. The van der Waals surface area contributed by atoms with Crippen molar-refractivity contribution in [2.24, 2.45) is 0 Å². The predicted molar refractivity (Wildman–Crippen MR) is 61.3 cm³/mol. The number of fused-ring (bicyclic) bond motifs is 1. The van der Waals surface area contributed by atoms with Gasteiger partial charge in [0.05, 0.1) is 20.8 Å². The molecule has 0 unspecified atom stereocenters. The van der Waals surface area contributed by atoms with E-state index in [1.807, 2.05) is 17.0 Å². The molecule has 1 aliphatic heterocycles. The lowest BCUT2D eigenvalue weighted by molar-refractivity contribution is -0.138. The molecule has 5 heteroatoms. The Labute approximate surface area is 99.6 Å². The van der Waals surface area contributed by atoms with Gasteiger partial charge in [0.25, 0.3) is 0 Å². The van der Waals surface area contributed by atoms with Crippen LogP contribution in [0, 0.1) is 0 Å². The molecule has 1 aromatic rings. The molecule has 0 spiro atoms. The topological polar surface area (TPSA) is 59.0 Å². The molecule has 0 bridgehead atoms. The Morgan fingerprint density at radius 3 is 2.06 bits per heavy atom. The first kappa shape index (κ1) is 11.7. The zero-order valence-electron chi connectivity index (χ0n) is 9.90. The summed E-state index contributed by atoms with van der Waals surface area (Å²) < 4.78 is 10.4. The van der Waals surface area contributed by atoms with Crippen LogP contribution >= 0.6 is 0 Å². The maximum atomic E-state index is 10.7. The summed E-state index contributed by atoms with van der Waals surface area (Å²) in [6, 6.07) is 3.83. The van der Waals surface area contributed by atoms with Crippen molar-refractivity contribution in [3.63, 3.8) is 0 Å². The fourth-order valence-corrected chi connectivity index (χ4v) is 2.10. The molecule has 0 radical (unpaired) electrons. The number of benzene rings is 1. The Bertz CT molecular complexity index is 411. The Morgan fingerprint density at radius 2 is 1.71 bits per heavy atom. The Balaban J connectivity index is 2.23. The van der Waals surface area contributed by atoms with Crippen LogP contribution in [-0.2, 0) is 17.9 Å². The van der Waals surface area contributed by atoms with Gasteiger partial charge in [0.2, 0.25) is 0 Å². The van der Waals surface area contributed by atoms with Crippen LogP contribution in [0.2, 0.25) is 0 Å². The monoisotopic (exact) mass is 237 g/mol. The van der Waals surface area contributed by atoms with Crippen LogP contribution in [0.4, 0.5) is 0 Å². The minimum absolute atomic E-state index is 0.0549. The van der Waals surface area contributed by atoms with Gasteiger partial charge in [0, 0.05) is 13.1 Å². The van der Waals surface area contributed by atoms with Crippen molar-refractivity contribution in [3.05, 3.63) is 23.3 Å². The maximum absolute atomic E-state index is 10.7. The summed E-state index contributed by atoms with van der Waals surface area (Å²) in [7, 11) is 3.18. The van der Waals surface area contributed by atoms with Crippen LogP contribution in [0.1, 0.15) is 11.1 Å². The fourth-order valence-electron chi connectivity index (χ4n) is 2.10. The second kappa shape index (κ2) is 4.63. The van der Waals surface area contributed by atoms with Gasteiger partial charge in [-0.25, -0.2) is 0 Å². The first-order valence-corrected chi connectivity index (χ1v) is 5.32. The van der Waals surface area contributed by atoms with Gasteiger partial charge >= 0.3 is 5.97 Å². The first-order valence-electron chi connectivity index (χ1n) is 5.32. The minimum Gasteiger partial charge on any atom is -0.493 e. The minimum atomic E-state index is -0.809. The van der Waals surface area contributed by atoms with Gasteiger partial charge in [0.1, 0.15) is 0 Å². The van der Waals surface area contributed by atoms with Crippen LogP contribution in [0.3, 0.4) is 0 Å². The summed E-state index contributed by atoms with van der Waals surface area (Å²) in [5.41, 5.74) is 2.20. The molecule has 1 aromatic carbocycles. The summed E-state index contributed by atoms with van der Waals surface area (Å²) in [6.45, 7) is 1.34. The molecule has 0 atom stereocenters. The van der Waals surface area contributed by atoms with E-state index in [-0.39, 0.29) is 6.54 Å². The average molecular weight is 237 g/mol. The predicted octanol–water partition coefficient (Wildman–Crippen LogP) is 1.10. The van der Waals surface area contributed by atoms with E-state index in [0.29, 0.717) is 24.6 Å². The molecule has 0 amide bonds. The van der Waals surface area contributed by atoms with E-state index in [1.54, 1.807) is 14.2 Å². The van der Waals surface area contributed by atoms with Gasteiger partial charge < -0.3 is 14.6 Å². The lowest BCUT2D eigenvalue weighted by atomic mass is 10.1. The lowest BCUT2D eigenvalue weighted by Gasteiger charge is -2.09. The highest BCUT2D eigenvalue weighted by Crippen LogP contribution is 2.34. The molecule has 0 saturated heterocycles. The second-order valence-electron chi connectivity index (χ2n) is 4.01. The molecular formula is C12H15NO4. The summed E-state index contributed by atoms with van der Waals surface area (Å²) in [6.07, 6.45) is 0. The van der Waals surface area contributed by atoms with E-state index < -0.39 is 5.97 Å². The molecule has 1 heterocycles. The maximum Gasteiger partial charge on any atom is 0.317 e. The highest BCUT2D eigenvalue weighted by Gasteiger charge is 2.23. The molecule has 0 saturated carbocycles. The average Bonchev–Trinajstić information content (AvgIpc) is 2.66. The quantitative estimate of drug-likeness (QED) is 0.849. The molecule has 92 valence electrons. The van der Waals surface area contributed by atoms with Crippen LogP contribution in [0.25, 0.3) is 0 Å². The Kier molecular flexibility index (Phi) is 3.19. The summed E-state index contributed by atoms with van der Waals surface area (Å²) in [5, 5.41) is 8.76. The molecule has 0 aromatic heterocycles. The number of rotatable bonds is 4. The highest BCUT2D eigenvalue weighted by atomic mass is 16.5. The zero-order valence-corrected chi connectivity index (χ0v) is 9.90. The second-order valence-corrected chi connectivity index (χ2v) is 4.01. The summed E-state index contributed by atoms with van der Waals surface area (Å²) >= 11 is 0. The van der Waals surface area contributed by atoms with E-state index in [1.165, 1.54) is 0 Å². The molecule has 0 fully saturated rings. The number of carboxylic acid groups (broad SMARTS) is 1. The van der Waals surface area contributed by atoms with E-state index in [4.69, 9.17) is 14.6 Å². The third-order valence-electron chi connectivity index (χ3n) is 2.85. The Morgan fingerprint density at radius 1 is 1.24 bits per heavy atom. The molecular weight excluding hydrogens is 222 g/mol. The SMILES string of the molecule is COc1cc2c(cc1OC)CN(CC(=O)O)C2. The van der Waals surface area contributed by atoms with Gasteiger partial charge in [0.15, 0.2) is 11.5 Å². The van der Waals surface area contributed by atoms with E-state index >= 15 is 0 Å². The Hall–Kier alpha value is -1.75. The number of ether oxygens (including phenoxy) is 2. The van der Waals surface area contributed by atoms with Gasteiger partial charge in [-0.2, -0.15) is 0 Å². The van der Waals surface area contributed by atoms with Crippen LogP contribution in [0.5, 0.6) is 11.5 Å². The van der Waals surface area contributed by atoms with Crippen LogP contribution in [0.15, 0.2) is 12.1 Å². The molecule has 17 heavy (non-hydrogen) atoms. The smallest absolute Gasteiger partial charge is 0.317 e. The van der Waals surface area contributed by atoms with Gasteiger partial charge in [-0.15, -0.1) is 0 Å². The molecule has 5 nitrogen and oxygen atoms in total. The normalized spacial score (nSPS) is 14.5. The largest absolute Gasteiger partial charge is 0.493 e. The first-order chi connectivity index (χ1) is 8.13. The molecule has 1 aliphatic rings. The molecule has 1 N–H and O–H groups in total. The number of aliphatic carboxylic acids is 1. The summed E-state index contributed by atoms with van der Waals surface area (Å²) in [4.78, 5) is 12.5. The number of hydrogen-bond donors (Lipinski definition) is 1. The van der Waals surface area contributed by atoms with Crippen molar-refractivity contribution in [2.45, 2.75) is 13.1 Å². The summed E-state index contributed by atoms with van der Waals surface area (Å²) in [5.74, 6) is 0.559. The van der Waals surface area contributed by atoms with Crippen molar-refractivity contribution in [1.82, 2.24) is 4.90 Å². The van der Waals surface area contributed by atoms with E-state index in [9.17, 15) is 4.79 Å². The third kappa shape index (κ3) is 2.34. The number of nitrogens with zero attached hydrogens (tertiary/aromatic N) is 1. The standard InChI is InChI=1S/C12H15NO4/c1-16-10-3-8-5-13(7-12(14)15)6-9(8)4-11(10)17-2/h3-4H,5-7H2,1-2H3,(H,14,15). The van der Waals surface area contributed by atoms with Crippen LogP contribution < -0.4 is 9.47 Å². The molecule has 0 aliphatic carbocycles. The van der Waals surface area contributed by atoms with Crippen molar-refractivity contribution >= 4 is 5.97 Å². The number of methoxy groups -OCH3 is 2. The van der Waals surface area contributed by atoms with Crippen molar-refractivity contribution in [1.29, 1.82) is 0 Å². The van der Waals surface area contributed by atoms with Gasteiger partial charge in [-0.05, 0) is 23.3 Å². The van der Waals surface area contributed by atoms with E-state index in [2.05, 4.69) is 0 Å².